The minimum Gasteiger partial charge on any atom is -0.497 e. The summed E-state index contributed by atoms with van der Waals surface area (Å²) in [6.07, 6.45) is 1.32. The van der Waals surface area contributed by atoms with Gasteiger partial charge in [0.2, 0.25) is 0 Å². The van der Waals surface area contributed by atoms with Crippen LogP contribution in [-0.4, -0.2) is 67.0 Å². The number of sulfone groups is 1. The molecule has 1 aliphatic rings. The molecule has 188 valence electrons. The Morgan fingerprint density at radius 3 is 2.63 bits per heavy atom. The highest BCUT2D eigenvalue weighted by molar-refractivity contribution is 7.91. The highest BCUT2D eigenvalue weighted by Crippen LogP contribution is 2.32. The molecule has 4 rings (SSSR count). The minimum absolute atomic E-state index is 0.0229. The second-order valence-electron chi connectivity index (χ2n) is 9.10. The Balaban J connectivity index is 1.74. The monoisotopic (exact) mass is 500 g/mol. The number of carbonyl (C=O) groups is 1. The van der Waals surface area contributed by atoms with E-state index in [1.54, 1.807) is 17.9 Å². The molecule has 3 aromatic rings. The molecule has 10 heteroatoms. The van der Waals surface area contributed by atoms with Gasteiger partial charge in [-0.3, -0.25) is 4.79 Å². The summed E-state index contributed by atoms with van der Waals surface area (Å²) in [7, 11) is -1.51. The number of aromatic nitrogens is 3. The SMILES string of the molecule is COc1ccc(-c2cc(C(=O)NCCCOC(C)C)c3c(C)nn(C4CCS(=O)(=O)C4)c3n2)cc1. The molecule has 1 amide bonds. The van der Waals surface area contributed by atoms with Crippen molar-refractivity contribution in [3.63, 3.8) is 0 Å². The van der Waals surface area contributed by atoms with Gasteiger partial charge in [-0.25, -0.2) is 18.1 Å². The third kappa shape index (κ3) is 5.65. The molecule has 9 nitrogen and oxygen atoms in total. The average Bonchev–Trinajstić information content (AvgIpc) is 3.36. The predicted molar refractivity (Wildman–Crippen MR) is 135 cm³/mol. The fourth-order valence-corrected chi connectivity index (χ4v) is 6.00. The first kappa shape index (κ1) is 25.1. The Bertz CT molecular complexity index is 1320. The Kier molecular flexibility index (Phi) is 7.42. The van der Waals surface area contributed by atoms with Gasteiger partial charge in [-0.05, 0) is 63.9 Å². The maximum atomic E-state index is 13.3. The van der Waals surface area contributed by atoms with Crippen molar-refractivity contribution < 1.29 is 22.7 Å². The molecule has 2 aromatic heterocycles. The van der Waals surface area contributed by atoms with E-state index >= 15 is 0 Å². The van der Waals surface area contributed by atoms with E-state index in [1.165, 1.54) is 0 Å². The number of pyridine rings is 1. The van der Waals surface area contributed by atoms with Gasteiger partial charge in [0, 0.05) is 18.7 Å². The van der Waals surface area contributed by atoms with Crippen molar-refractivity contribution in [2.75, 3.05) is 31.8 Å². The van der Waals surface area contributed by atoms with Gasteiger partial charge < -0.3 is 14.8 Å². The molecule has 3 heterocycles. The lowest BCUT2D eigenvalue weighted by Crippen LogP contribution is -2.26. The van der Waals surface area contributed by atoms with Crippen molar-refractivity contribution in [2.45, 2.75) is 45.8 Å². The number of amides is 1. The van der Waals surface area contributed by atoms with Crippen LogP contribution in [0, 0.1) is 6.92 Å². The molecule has 1 fully saturated rings. The molecule has 1 aromatic carbocycles. The summed E-state index contributed by atoms with van der Waals surface area (Å²) in [5, 5.41) is 8.26. The summed E-state index contributed by atoms with van der Waals surface area (Å²) in [5.74, 6) is 0.642. The highest BCUT2D eigenvalue weighted by atomic mass is 32.2. The first-order valence-electron chi connectivity index (χ1n) is 11.8. The summed E-state index contributed by atoms with van der Waals surface area (Å²) >= 11 is 0. The van der Waals surface area contributed by atoms with E-state index in [1.807, 2.05) is 45.0 Å². The zero-order chi connectivity index (χ0) is 25.2. The Morgan fingerprint density at radius 2 is 2.00 bits per heavy atom. The third-order valence-corrected chi connectivity index (χ3v) is 7.83. The van der Waals surface area contributed by atoms with E-state index in [0.717, 1.165) is 5.56 Å². The smallest absolute Gasteiger partial charge is 0.252 e. The molecule has 35 heavy (non-hydrogen) atoms. The number of ether oxygens (including phenoxy) is 2. The largest absolute Gasteiger partial charge is 0.497 e. The Morgan fingerprint density at radius 1 is 1.26 bits per heavy atom. The van der Waals surface area contributed by atoms with Crippen LogP contribution in [0.4, 0.5) is 0 Å². The molecule has 0 radical (unpaired) electrons. The van der Waals surface area contributed by atoms with Gasteiger partial charge in [-0.2, -0.15) is 5.10 Å². The van der Waals surface area contributed by atoms with Gasteiger partial charge in [0.25, 0.3) is 5.91 Å². The lowest BCUT2D eigenvalue weighted by molar-refractivity contribution is 0.0757. The topological polar surface area (TPSA) is 112 Å². The number of aryl methyl sites for hydroxylation is 1. The van der Waals surface area contributed by atoms with Crippen LogP contribution in [0.15, 0.2) is 30.3 Å². The van der Waals surface area contributed by atoms with Gasteiger partial charge in [-0.15, -0.1) is 0 Å². The third-order valence-electron chi connectivity index (χ3n) is 6.08. The standard InChI is InChI=1S/C25H32N4O5S/c1-16(2)34-12-5-11-26-25(30)21-14-22(18-6-8-20(33-4)9-7-18)27-24-23(21)17(3)28-29(24)19-10-13-35(31,32)15-19/h6-9,14,16,19H,5,10-13,15H2,1-4H3,(H,26,30). The first-order valence-corrected chi connectivity index (χ1v) is 13.6. The van der Waals surface area contributed by atoms with E-state index in [-0.39, 0.29) is 29.6 Å². The van der Waals surface area contributed by atoms with Crippen LogP contribution in [0.5, 0.6) is 5.75 Å². The van der Waals surface area contributed by atoms with Crippen molar-refractivity contribution in [1.29, 1.82) is 0 Å². The Labute approximate surface area is 205 Å². The van der Waals surface area contributed by atoms with Crippen LogP contribution < -0.4 is 10.1 Å². The van der Waals surface area contributed by atoms with Gasteiger partial charge in [0.05, 0.1) is 53.1 Å². The summed E-state index contributed by atoms with van der Waals surface area (Å²) in [6.45, 7) is 6.81. The van der Waals surface area contributed by atoms with Crippen LogP contribution in [0.2, 0.25) is 0 Å². The van der Waals surface area contributed by atoms with Gasteiger partial charge in [0.1, 0.15) is 5.75 Å². The molecule has 0 bridgehead atoms. The average molecular weight is 501 g/mol. The number of nitrogens with zero attached hydrogens (tertiary/aromatic N) is 3. The van der Waals surface area contributed by atoms with Gasteiger partial charge in [0.15, 0.2) is 15.5 Å². The molecule has 1 aliphatic heterocycles. The number of nitrogens with one attached hydrogen (secondary N) is 1. The Hall–Kier alpha value is -2.98. The fourth-order valence-electron chi connectivity index (χ4n) is 4.31. The van der Waals surface area contributed by atoms with Gasteiger partial charge in [-0.1, -0.05) is 0 Å². The molecule has 1 saturated heterocycles. The van der Waals surface area contributed by atoms with Crippen molar-refractivity contribution >= 4 is 26.8 Å². The van der Waals surface area contributed by atoms with Crippen LogP contribution >= 0.6 is 0 Å². The van der Waals surface area contributed by atoms with Crippen LogP contribution in [0.3, 0.4) is 0 Å². The molecule has 1 N–H and O–H groups in total. The second-order valence-corrected chi connectivity index (χ2v) is 11.3. The normalized spacial score (nSPS) is 17.2. The predicted octanol–water partition coefficient (Wildman–Crippen LogP) is 3.32. The number of methoxy groups -OCH3 is 1. The lowest BCUT2D eigenvalue weighted by atomic mass is 10.0. The van der Waals surface area contributed by atoms with Crippen molar-refractivity contribution in [3.8, 4) is 17.0 Å². The quantitative estimate of drug-likeness (QED) is 0.449. The minimum atomic E-state index is -3.12. The van der Waals surface area contributed by atoms with Crippen molar-refractivity contribution in [3.05, 3.63) is 41.6 Å². The lowest BCUT2D eigenvalue weighted by Gasteiger charge is -2.13. The molecule has 1 atom stereocenters. The van der Waals surface area contributed by atoms with Crippen LogP contribution in [0.25, 0.3) is 22.3 Å². The van der Waals surface area contributed by atoms with E-state index in [9.17, 15) is 13.2 Å². The van der Waals surface area contributed by atoms with E-state index < -0.39 is 9.84 Å². The molecule has 0 spiro atoms. The summed E-state index contributed by atoms with van der Waals surface area (Å²) < 4.78 is 36.8. The summed E-state index contributed by atoms with van der Waals surface area (Å²) in [6, 6.07) is 8.90. The highest BCUT2D eigenvalue weighted by Gasteiger charge is 2.32. The molecular weight excluding hydrogens is 468 g/mol. The maximum absolute atomic E-state index is 13.3. The van der Waals surface area contributed by atoms with Gasteiger partial charge >= 0.3 is 0 Å². The number of fused-ring (bicyclic) bond motifs is 1. The van der Waals surface area contributed by atoms with E-state index in [2.05, 4.69) is 10.4 Å². The molecular formula is C25H32N4O5S. The maximum Gasteiger partial charge on any atom is 0.252 e. The van der Waals surface area contributed by atoms with Crippen molar-refractivity contribution in [1.82, 2.24) is 20.1 Å². The molecule has 1 unspecified atom stereocenters. The van der Waals surface area contributed by atoms with Crippen molar-refractivity contribution in [2.24, 2.45) is 0 Å². The van der Waals surface area contributed by atoms with E-state index in [0.29, 0.717) is 59.7 Å². The number of hydrogen-bond acceptors (Lipinski definition) is 7. The number of hydrogen-bond donors (Lipinski definition) is 1. The molecule has 0 saturated carbocycles. The summed E-state index contributed by atoms with van der Waals surface area (Å²) in [5.41, 5.74) is 3.06. The number of carbonyl (C=O) groups excluding carboxylic acids is 1. The second kappa shape index (κ2) is 10.3. The fraction of sp³-hybridized carbons (Fsp3) is 0.480. The zero-order valence-corrected chi connectivity index (χ0v) is 21.4. The zero-order valence-electron chi connectivity index (χ0n) is 20.6. The van der Waals surface area contributed by atoms with E-state index in [4.69, 9.17) is 14.5 Å². The van der Waals surface area contributed by atoms with Crippen LogP contribution in [0.1, 0.15) is 48.8 Å². The molecule has 0 aliphatic carbocycles. The number of rotatable bonds is 9. The number of benzene rings is 1. The van der Waals surface area contributed by atoms with Crippen LogP contribution in [-0.2, 0) is 14.6 Å². The summed E-state index contributed by atoms with van der Waals surface area (Å²) in [4.78, 5) is 18.1. The first-order chi connectivity index (χ1) is 16.7.